The van der Waals surface area contributed by atoms with Crippen LogP contribution in [0.25, 0.3) is 11.4 Å². The van der Waals surface area contributed by atoms with E-state index in [1.165, 1.54) is 10.5 Å². The van der Waals surface area contributed by atoms with Crippen LogP contribution in [0.5, 0.6) is 0 Å². The summed E-state index contributed by atoms with van der Waals surface area (Å²) < 4.78 is 5.43. The Morgan fingerprint density at radius 2 is 1.94 bits per heavy atom. The Labute approximate surface area is 189 Å². The zero-order chi connectivity index (χ0) is 21.2. The zero-order valence-electron chi connectivity index (χ0n) is 16.9. The van der Waals surface area contributed by atoms with Gasteiger partial charge < -0.3 is 15.2 Å². The highest BCUT2D eigenvalue weighted by atomic mass is 32.2. The molecule has 31 heavy (non-hydrogen) atoms. The fourth-order valence-corrected chi connectivity index (χ4v) is 5.37. The van der Waals surface area contributed by atoms with Gasteiger partial charge in [-0.25, -0.2) is 0 Å². The number of fused-ring (bicyclic) bond motifs is 1. The summed E-state index contributed by atoms with van der Waals surface area (Å²) in [7, 11) is 0. The topological polar surface area (TPSA) is 92.1 Å². The van der Waals surface area contributed by atoms with Gasteiger partial charge in [-0.15, -0.1) is 23.5 Å². The molecule has 2 aliphatic rings. The molecule has 4 atom stereocenters. The minimum atomic E-state index is -0.221. The van der Waals surface area contributed by atoms with Gasteiger partial charge in [0.1, 0.15) is 11.5 Å². The fourth-order valence-electron chi connectivity index (χ4n) is 4.08. The number of carbonyl (C=O) groups excluding carboxylic acids is 1. The van der Waals surface area contributed by atoms with E-state index in [4.69, 9.17) is 4.52 Å². The second-order valence-corrected chi connectivity index (χ2v) is 9.51. The lowest BCUT2D eigenvalue weighted by molar-refractivity contribution is -0.125. The van der Waals surface area contributed by atoms with Gasteiger partial charge >= 0.3 is 0 Å². The predicted octanol–water partition coefficient (Wildman–Crippen LogP) is 2.82. The highest BCUT2D eigenvalue weighted by Gasteiger charge is 2.45. The molecule has 0 radical (unpaired) electrons. The standard InChI is InChI=1S/C22H23N5O2S2/c1-30-15-9-7-14(8-10-15)20-24-17(29-27-20)12-31-22-25-18-16(13-5-3-2-4-6-13)11-23-19(18)21(28)26-22/h2-10,16,18-19,22-23,25H,11-12H2,1H3,(H,26,28). The SMILES string of the molecule is CSc1ccc(-c2noc(CSC3NC(=O)C4NCC(c5ccccc5)C4N3)n2)cc1. The van der Waals surface area contributed by atoms with Crippen LogP contribution in [0.15, 0.2) is 64.0 Å². The third kappa shape index (κ3) is 4.36. The molecule has 0 aliphatic carbocycles. The monoisotopic (exact) mass is 453 g/mol. The molecule has 3 N–H and O–H groups in total. The van der Waals surface area contributed by atoms with E-state index in [-0.39, 0.29) is 29.4 Å². The second-order valence-electron chi connectivity index (χ2n) is 7.54. The van der Waals surface area contributed by atoms with Crippen LogP contribution in [0.3, 0.4) is 0 Å². The first-order valence-corrected chi connectivity index (χ1v) is 12.4. The number of hydrogen-bond donors (Lipinski definition) is 3. The van der Waals surface area contributed by atoms with E-state index in [1.54, 1.807) is 23.5 Å². The predicted molar refractivity (Wildman–Crippen MR) is 123 cm³/mol. The molecule has 3 heterocycles. The maximum Gasteiger partial charge on any atom is 0.240 e. The molecule has 5 rings (SSSR count). The average molecular weight is 454 g/mol. The molecule has 1 amide bonds. The molecule has 2 fully saturated rings. The van der Waals surface area contributed by atoms with Gasteiger partial charge in [0.2, 0.25) is 17.6 Å². The fraction of sp³-hybridized carbons (Fsp3) is 0.318. The van der Waals surface area contributed by atoms with E-state index < -0.39 is 0 Å². The number of aromatic nitrogens is 2. The Kier molecular flexibility index (Phi) is 5.99. The first kappa shape index (κ1) is 20.6. The van der Waals surface area contributed by atoms with Crippen LogP contribution in [-0.4, -0.2) is 46.4 Å². The molecule has 7 nitrogen and oxygen atoms in total. The van der Waals surface area contributed by atoms with Gasteiger partial charge in [0.25, 0.3) is 0 Å². The van der Waals surface area contributed by atoms with Crippen LogP contribution in [0, 0.1) is 0 Å². The lowest BCUT2D eigenvalue weighted by Gasteiger charge is -2.35. The Hall–Kier alpha value is -2.33. The van der Waals surface area contributed by atoms with Gasteiger partial charge in [0, 0.05) is 29.0 Å². The van der Waals surface area contributed by atoms with Crippen LogP contribution in [0.1, 0.15) is 17.4 Å². The van der Waals surface area contributed by atoms with E-state index in [0.29, 0.717) is 17.5 Å². The summed E-state index contributed by atoms with van der Waals surface area (Å²) in [6, 6.07) is 18.2. The molecule has 3 aromatic rings. The first-order valence-electron chi connectivity index (χ1n) is 10.1. The summed E-state index contributed by atoms with van der Waals surface area (Å²) >= 11 is 3.24. The van der Waals surface area contributed by atoms with Gasteiger partial charge in [0.15, 0.2) is 0 Å². The van der Waals surface area contributed by atoms with Gasteiger partial charge in [-0.1, -0.05) is 35.5 Å². The van der Waals surface area contributed by atoms with Gasteiger partial charge in [-0.05, 0) is 36.1 Å². The highest BCUT2D eigenvalue weighted by Crippen LogP contribution is 2.30. The Morgan fingerprint density at radius 1 is 1.13 bits per heavy atom. The van der Waals surface area contributed by atoms with Crippen molar-refractivity contribution in [3.05, 3.63) is 66.1 Å². The van der Waals surface area contributed by atoms with Gasteiger partial charge in [-0.3, -0.25) is 10.1 Å². The lowest BCUT2D eigenvalue weighted by Crippen LogP contribution is -2.64. The third-order valence-electron chi connectivity index (χ3n) is 5.67. The van der Waals surface area contributed by atoms with Crippen molar-refractivity contribution >= 4 is 29.4 Å². The summed E-state index contributed by atoms with van der Waals surface area (Å²) in [4.78, 5) is 18.3. The first-order chi connectivity index (χ1) is 15.2. The number of hydrogen-bond acceptors (Lipinski definition) is 8. The third-order valence-corrected chi connectivity index (χ3v) is 7.41. The molecular formula is C22H23N5O2S2. The number of carbonyl (C=O) groups is 1. The quantitative estimate of drug-likeness (QED) is 0.491. The number of nitrogens with zero attached hydrogens (tertiary/aromatic N) is 2. The van der Waals surface area contributed by atoms with Crippen LogP contribution < -0.4 is 16.0 Å². The molecule has 160 valence electrons. The smallest absolute Gasteiger partial charge is 0.240 e. The summed E-state index contributed by atoms with van der Waals surface area (Å²) in [5.41, 5.74) is 1.95. The largest absolute Gasteiger partial charge is 0.338 e. The molecule has 2 aliphatic heterocycles. The molecule has 9 heteroatoms. The molecule has 4 unspecified atom stereocenters. The van der Waals surface area contributed by atoms with Crippen molar-refractivity contribution in [2.24, 2.45) is 0 Å². The molecule has 0 saturated carbocycles. The van der Waals surface area contributed by atoms with Gasteiger partial charge in [0.05, 0.1) is 5.75 Å². The molecule has 0 spiro atoms. The number of thioether (sulfide) groups is 2. The molecule has 2 aromatic carbocycles. The Bertz CT molecular complexity index is 1040. The maximum absolute atomic E-state index is 12.6. The molecule has 0 bridgehead atoms. The minimum Gasteiger partial charge on any atom is -0.338 e. The summed E-state index contributed by atoms with van der Waals surface area (Å²) in [6.45, 7) is 0.777. The van der Waals surface area contributed by atoms with Crippen LogP contribution in [0.2, 0.25) is 0 Å². The number of nitrogens with one attached hydrogen (secondary N) is 3. The van der Waals surface area contributed by atoms with Crippen LogP contribution >= 0.6 is 23.5 Å². The van der Waals surface area contributed by atoms with Crippen molar-refractivity contribution in [1.29, 1.82) is 0 Å². The molecule has 2 saturated heterocycles. The number of benzene rings is 2. The van der Waals surface area contributed by atoms with E-state index >= 15 is 0 Å². The maximum atomic E-state index is 12.6. The van der Waals surface area contributed by atoms with E-state index in [0.717, 1.165) is 12.1 Å². The minimum absolute atomic E-state index is 0.0276. The van der Waals surface area contributed by atoms with Crippen molar-refractivity contribution in [2.45, 2.75) is 34.1 Å². The van der Waals surface area contributed by atoms with E-state index in [1.807, 2.05) is 48.7 Å². The second kappa shape index (κ2) is 9.04. The van der Waals surface area contributed by atoms with Crippen molar-refractivity contribution in [2.75, 3.05) is 12.8 Å². The van der Waals surface area contributed by atoms with E-state index in [2.05, 4.69) is 38.2 Å². The van der Waals surface area contributed by atoms with Gasteiger partial charge in [-0.2, -0.15) is 4.98 Å². The zero-order valence-corrected chi connectivity index (χ0v) is 18.6. The van der Waals surface area contributed by atoms with E-state index in [9.17, 15) is 4.79 Å². The van der Waals surface area contributed by atoms with Crippen LogP contribution in [0.4, 0.5) is 0 Å². The molecular weight excluding hydrogens is 430 g/mol. The van der Waals surface area contributed by atoms with Crippen molar-refractivity contribution in [1.82, 2.24) is 26.1 Å². The Balaban J connectivity index is 1.23. The van der Waals surface area contributed by atoms with Crippen molar-refractivity contribution in [3.63, 3.8) is 0 Å². The summed E-state index contributed by atoms with van der Waals surface area (Å²) in [5, 5.41) is 14.1. The van der Waals surface area contributed by atoms with Crippen molar-refractivity contribution < 1.29 is 9.32 Å². The van der Waals surface area contributed by atoms with Crippen molar-refractivity contribution in [3.8, 4) is 11.4 Å². The normalized spacial score (nSPS) is 25.3. The summed E-state index contributed by atoms with van der Waals surface area (Å²) in [6.07, 6.45) is 2.04. The Morgan fingerprint density at radius 3 is 2.71 bits per heavy atom. The summed E-state index contributed by atoms with van der Waals surface area (Å²) in [5.74, 6) is 1.90. The highest BCUT2D eigenvalue weighted by molar-refractivity contribution is 7.99. The molecule has 1 aromatic heterocycles. The average Bonchev–Trinajstić information content (AvgIpc) is 3.46. The lowest BCUT2D eigenvalue weighted by atomic mass is 9.90. The van der Waals surface area contributed by atoms with Crippen LogP contribution in [-0.2, 0) is 10.5 Å². The number of rotatable bonds is 6. The number of amides is 1.